The fourth-order valence-electron chi connectivity index (χ4n) is 2.63. The minimum Gasteiger partial charge on any atom is -0.493 e. The Kier molecular flexibility index (Phi) is 8.55. The molecule has 2 N–H and O–H groups in total. The van der Waals surface area contributed by atoms with E-state index in [-0.39, 0.29) is 0 Å². The summed E-state index contributed by atoms with van der Waals surface area (Å²) in [6, 6.07) is 4.18. The van der Waals surface area contributed by atoms with Gasteiger partial charge in [0.05, 0.1) is 21.3 Å². The molecule has 0 aromatic heterocycles. The molecule has 0 aliphatic carbocycles. The zero-order chi connectivity index (χ0) is 19.7. The van der Waals surface area contributed by atoms with Crippen LogP contribution in [0, 0.1) is 5.41 Å². The number of hydrogen-bond acceptors (Lipinski definition) is 4. The lowest BCUT2D eigenvalue weighted by atomic mass is 9.89. The molecule has 0 spiro atoms. The van der Waals surface area contributed by atoms with Gasteiger partial charge in [0, 0.05) is 25.2 Å². The van der Waals surface area contributed by atoms with Crippen LogP contribution in [-0.4, -0.2) is 40.4 Å². The number of rotatable bonds is 8. The smallest absolute Gasteiger partial charge is 0.203 e. The maximum Gasteiger partial charge on any atom is 0.203 e. The van der Waals surface area contributed by atoms with E-state index in [2.05, 4.69) is 43.3 Å². The second-order valence-electron chi connectivity index (χ2n) is 7.56. The molecule has 0 aliphatic rings. The number of nitrogens with one attached hydrogen (secondary N) is 2. The Morgan fingerprint density at radius 1 is 1.08 bits per heavy atom. The molecular weight excluding hydrogens is 330 g/mol. The molecule has 0 aliphatic heterocycles. The van der Waals surface area contributed by atoms with Crippen molar-refractivity contribution in [1.29, 1.82) is 0 Å². The molecule has 1 aromatic rings. The van der Waals surface area contributed by atoms with Crippen LogP contribution in [0.4, 0.5) is 0 Å². The first kappa shape index (κ1) is 21.9. The second-order valence-corrected chi connectivity index (χ2v) is 7.56. The standard InChI is InChI=1S/C20H35N3O3/c1-14(11-12-20(2,3)4)23-19(21-5)22-13-15-9-10-16(24-6)18(26-8)17(15)25-7/h9-10,14H,11-13H2,1-8H3,(H2,21,22,23). The Hall–Kier alpha value is -2.11. The lowest BCUT2D eigenvalue weighted by Gasteiger charge is -2.23. The third kappa shape index (κ3) is 6.65. The van der Waals surface area contributed by atoms with Gasteiger partial charge in [-0.3, -0.25) is 4.99 Å². The molecular formula is C20H35N3O3. The monoisotopic (exact) mass is 365 g/mol. The third-order valence-corrected chi connectivity index (χ3v) is 4.17. The predicted octanol–water partition coefficient (Wildman–Crippen LogP) is 3.59. The predicted molar refractivity (Wildman–Crippen MR) is 108 cm³/mol. The van der Waals surface area contributed by atoms with Gasteiger partial charge in [-0.1, -0.05) is 20.8 Å². The Balaban J connectivity index is 2.74. The fraction of sp³-hybridized carbons (Fsp3) is 0.650. The fourth-order valence-corrected chi connectivity index (χ4v) is 2.63. The normalized spacial score (nSPS) is 13.2. The minimum absolute atomic E-state index is 0.333. The van der Waals surface area contributed by atoms with Crippen molar-refractivity contribution < 1.29 is 14.2 Å². The van der Waals surface area contributed by atoms with Crippen LogP contribution >= 0.6 is 0 Å². The quantitative estimate of drug-likeness (QED) is 0.544. The molecule has 0 heterocycles. The first-order valence-corrected chi connectivity index (χ1v) is 9.00. The van der Waals surface area contributed by atoms with Crippen LogP contribution in [0.5, 0.6) is 17.2 Å². The number of benzene rings is 1. The molecule has 0 saturated carbocycles. The third-order valence-electron chi connectivity index (χ3n) is 4.17. The van der Waals surface area contributed by atoms with Gasteiger partial charge in [0.25, 0.3) is 0 Å². The van der Waals surface area contributed by atoms with Gasteiger partial charge < -0.3 is 24.8 Å². The van der Waals surface area contributed by atoms with Gasteiger partial charge in [0.1, 0.15) is 0 Å². The van der Waals surface area contributed by atoms with E-state index in [1.807, 2.05) is 12.1 Å². The van der Waals surface area contributed by atoms with Crippen molar-refractivity contribution in [2.45, 2.75) is 53.1 Å². The average molecular weight is 366 g/mol. The highest BCUT2D eigenvalue weighted by Gasteiger charge is 2.17. The Labute approximate surface area is 158 Å². The molecule has 6 heteroatoms. The number of ether oxygens (including phenoxy) is 3. The van der Waals surface area contributed by atoms with Crippen molar-refractivity contribution >= 4 is 5.96 Å². The van der Waals surface area contributed by atoms with Crippen molar-refractivity contribution in [3.8, 4) is 17.2 Å². The van der Waals surface area contributed by atoms with Gasteiger partial charge in [0.15, 0.2) is 17.5 Å². The van der Waals surface area contributed by atoms with Crippen LogP contribution in [0.1, 0.15) is 46.1 Å². The topological polar surface area (TPSA) is 64.1 Å². The molecule has 0 amide bonds. The molecule has 0 saturated heterocycles. The highest BCUT2D eigenvalue weighted by molar-refractivity contribution is 5.80. The molecule has 0 fully saturated rings. The molecule has 1 rings (SSSR count). The molecule has 148 valence electrons. The average Bonchev–Trinajstić information content (AvgIpc) is 2.61. The first-order chi connectivity index (χ1) is 12.3. The Bertz CT molecular complexity index is 595. The van der Waals surface area contributed by atoms with Gasteiger partial charge in [0.2, 0.25) is 5.75 Å². The Morgan fingerprint density at radius 3 is 2.23 bits per heavy atom. The number of hydrogen-bond donors (Lipinski definition) is 2. The number of aliphatic imine (C=N–C) groups is 1. The summed E-state index contributed by atoms with van der Waals surface area (Å²) in [6.07, 6.45) is 2.24. The van der Waals surface area contributed by atoms with E-state index in [9.17, 15) is 0 Å². The highest BCUT2D eigenvalue weighted by atomic mass is 16.5. The van der Waals surface area contributed by atoms with E-state index >= 15 is 0 Å². The van der Waals surface area contributed by atoms with E-state index in [1.54, 1.807) is 28.4 Å². The van der Waals surface area contributed by atoms with Crippen molar-refractivity contribution in [1.82, 2.24) is 10.6 Å². The zero-order valence-electron chi connectivity index (χ0n) is 17.5. The summed E-state index contributed by atoms with van der Waals surface area (Å²) >= 11 is 0. The van der Waals surface area contributed by atoms with Crippen LogP contribution in [0.3, 0.4) is 0 Å². The largest absolute Gasteiger partial charge is 0.493 e. The minimum atomic E-state index is 0.333. The summed E-state index contributed by atoms with van der Waals surface area (Å²) in [4.78, 5) is 4.32. The van der Waals surface area contributed by atoms with E-state index in [1.165, 1.54) is 0 Å². The summed E-state index contributed by atoms with van der Waals surface area (Å²) in [5.41, 5.74) is 1.30. The summed E-state index contributed by atoms with van der Waals surface area (Å²) in [7, 11) is 6.62. The Morgan fingerprint density at radius 2 is 1.73 bits per heavy atom. The second kappa shape index (κ2) is 10.1. The van der Waals surface area contributed by atoms with E-state index in [0.29, 0.717) is 35.3 Å². The van der Waals surface area contributed by atoms with E-state index < -0.39 is 0 Å². The maximum atomic E-state index is 5.53. The summed E-state index contributed by atoms with van der Waals surface area (Å²) < 4.78 is 16.3. The van der Waals surface area contributed by atoms with Gasteiger partial charge >= 0.3 is 0 Å². The molecule has 1 aromatic carbocycles. The lowest BCUT2D eigenvalue weighted by Crippen LogP contribution is -2.42. The van der Waals surface area contributed by atoms with Gasteiger partial charge in [-0.25, -0.2) is 0 Å². The van der Waals surface area contributed by atoms with Crippen molar-refractivity contribution in [2.75, 3.05) is 28.4 Å². The number of methoxy groups -OCH3 is 3. The molecule has 26 heavy (non-hydrogen) atoms. The SMILES string of the molecule is CN=C(NCc1ccc(OC)c(OC)c1OC)NC(C)CCC(C)(C)C. The van der Waals surface area contributed by atoms with Gasteiger partial charge in [-0.15, -0.1) is 0 Å². The van der Waals surface area contributed by atoms with E-state index in [0.717, 1.165) is 24.4 Å². The molecule has 0 bridgehead atoms. The molecule has 0 radical (unpaired) electrons. The summed E-state index contributed by atoms with van der Waals surface area (Å²) in [5, 5.41) is 6.78. The molecule has 1 atom stereocenters. The van der Waals surface area contributed by atoms with Gasteiger partial charge in [-0.05, 0) is 37.3 Å². The highest BCUT2D eigenvalue weighted by Crippen LogP contribution is 2.39. The lowest BCUT2D eigenvalue weighted by molar-refractivity contribution is 0.322. The maximum absolute atomic E-state index is 5.53. The van der Waals surface area contributed by atoms with Crippen molar-refractivity contribution in [3.05, 3.63) is 17.7 Å². The summed E-state index contributed by atoms with van der Waals surface area (Å²) in [6.45, 7) is 9.52. The van der Waals surface area contributed by atoms with Crippen molar-refractivity contribution in [2.24, 2.45) is 10.4 Å². The summed E-state index contributed by atoms with van der Waals surface area (Å²) in [5.74, 6) is 2.67. The zero-order valence-corrected chi connectivity index (χ0v) is 17.5. The van der Waals surface area contributed by atoms with Crippen LogP contribution < -0.4 is 24.8 Å². The van der Waals surface area contributed by atoms with Crippen LogP contribution in [0.25, 0.3) is 0 Å². The molecule has 6 nitrogen and oxygen atoms in total. The number of nitrogens with zero attached hydrogens (tertiary/aromatic N) is 1. The van der Waals surface area contributed by atoms with Crippen LogP contribution in [-0.2, 0) is 6.54 Å². The van der Waals surface area contributed by atoms with Crippen LogP contribution in [0.15, 0.2) is 17.1 Å². The molecule has 1 unspecified atom stereocenters. The number of guanidine groups is 1. The van der Waals surface area contributed by atoms with Crippen LogP contribution in [0.2, 0.25) is 0 Å². The van der Waals surface area contributed by atoms with Crippen molar-refractivity contribution in [3.63, 3.8) is 0 Å². The van der Waals surface area contributed by atoms with Gasteiger partial charge in [-0.2, -0.15) is 0 Å². The first-order valence-electron chi connectivity index (χ1n) is 9.00. The van der Waals surface area contributed by atoms with E-state index in [4.69, 9.17) is 14.2 Å².